The molecular weight excluding hydrogens is 437 g/mol. The van der Waals surface area contributed by atoms with E-state index in [1.165, 1.54) is 6.07 Å². The van der Waals surface area contributed by atoms with Gasteiger partial charge in [0.25, 0.3) is 5.91 Å². The van der Waals surface area contributed by atoms with Gasteiger partial charge >= 0.3 is 6.18 Å². The molecule has 0 spiro atoms. The van der Waals surface area contributed by atoms with Crippen LogP contribution >= 0.6 is 0 Å². The Morgan fingerprint density at radius 1 is 1.18 bits per heavy atom. The van der Waals surface area contributed by atoms with E-state index in [0.29, 0.717) is 22.9 Å². The molecule has 0 bridgehead atoms. The van der Waals surface area contributed by atoms with Crippen molar-refractivity contribution in [3.8, 4) is 5.75 Å². The molecule has 3 aliphatic heterocycles. The third kappa shape index (κ3) is 5.01. The van der Waals surface area contributed by atoms with Crippen LogP contribution in [0.5, 0.6) is 5.75 Å². The summed E-state index contributed by atoms with van der Waals surface area (Å²) in [5.74, 6) is 0.732. The Bertz CT molecular complexity index is 1020. The number of amides is 1. The van der Waals surface area contributed by atoms with Gasteiger partial charge in [-0.25, -0.2) is 0 Å². The summed E-state index contributed by atoms with van der Waals surface area (Å²) in [7, 11) is 0. The van der Waals surface area contributed by atoms with Crippen LogP contribution in [0.1, 0.15) is 40.2 Å². The Morgan fingerprint density at radius 2 is 2.00 bits per heavy atom. The minimum atomic E-state index is -4.42. The lowest BCUT2D eigenvalue weighted by molar-refractivity contribution is -0.137. The van der Waals surface area contributed by atoms with Crippen LogP contribution in [0.4, 0.5) is 13.2 Å². The number of ether oxygens (including phenoxy) is 2. The highest BCUT2D eigenvalue weighted by Crippen LogP contribution is 2.34. The molecule has 1 aromatic heterocycles. The van der Waals surface area contributed by atoms with Crippen LogP contribution < -0.4 is 10.1 Å². The second kappa shape index (κ2) is 8.98. The normalized spacial score (nSPS) is 21.7. The highest BCUT2D eigenvalue weighted by atomic mass is 19.4. The Balaban J connectivity index is 1.20. The topological polar surface area (TPSA) is 68.6 Å². The van der Waals surface area contributed by atoms with Crippen molar-refractivity contribution in [2.24, 2.45) is 5.92 Å². The average molecular weight is 464 g/mol. The molecule has 4 heterocycles. The van der Waals surface area contributed by atoms with Gasteiger partial charge in [0.15, 0.2) is 5.69 Å². The molecule has 0 saturated carbocycles. The number of nitrogens with one attached hydrogen (secondary N) is 1. The highest BCUT2D eigenvalue weighted by molar-refractivity contribution is 5.92. The summed E-state index contributed by atoms with van der Waals surface area (Å²) in [5, 5.41) is 7.33. The van der Waals surface area contributed by atoms with Crippen LogP contribution in [-0.2, 0) is 30.4 Å². The molecule has 1 fully saturated rings. The van der Waals surface area contributed by atoms with Crippen molar-refractivity contribution < 1.29 is 27.4 Å². The lowest BCUT2D eigenvalue weighted by Crippen LogP contribution is -2.43. The molecule has 10 heteroatoms. The van der Waals surface area contributed by atoms with Crippen LogP contribution in [0.2, 0.25) is 0 Å². The average Bonchev–Trinajstić information content (AvgIpc) is 3.22. The maximum absolute atomic E-state index is 13.0. The standard InChI is InChI=1S/C23H27F3N4O3/c24-23(25,26)17-1-2-21-16(9-17)10-18(14-33-21)27-22(31)20-11-19-13-29(5-6-30(19)28-20)12-15-3-7-32-8-4-15/h1-2,9,11,15,18H,3-8,10,12-14H2,(H,27,31). The van der Waals surface area contributed by atoms with Gasteiger partial charge in [0.2, 0.25) is 0 Å². The van der Waals surface area contributed by atoms with E-state index in [-0.39, 0.29) is 18.9 Å². The molecule has 1 amide bonds. The van der Waals surface area contributed by atoms with E-state index in [1.54, 1.807) is 0 Å². The maximum Gasteiger partial charge on any atom is 0.416 e. The van der Waals surface area contributed by atoms with E-state index in [9.17, 15) is 18.0 Å². The van der Waals surface area contributed by atoms with Crippen LogP contribution in [0.25, 0.3) is 0 Å². The first-order chi connectivity index (χ1) is 15.8. The number of fused-ring (bicyclic) bond motifs is 2. The second-order valence-corrected chi connectivity index (χ2v) is 9.04. The molecule has 1 N–H and O–H groups in total. The predicted octanol–water partition coefficient (Wildman–Crippen LogP) is 2.88. The first-order valence-corrected chi connectivity index (χ1v) is 11.4. The molecule has 178 valence electrons. The predicted molar refractivity (Wildman–Crippen MR) is 113 cm³/mol. The molecule has 1 aromatic carbocycles. The lowest BCUT2D eigenvalue weighted by atomic mass is 9.99. The zero-order chi connectivity index (χ0) is 23.0. The number of halogens is 3. The van der Waals surface area contributed by atoms with Gasteiger partial charge in [-0.05, 0) is 55.0 Å². The number of rotatable bonds is 4. The zero-order valence-corrected chi connectivity index (χ0v) is 18.2. The van der Waals surface area contributed by atoms with Crippen LogP contribution in [0, 0.1) is 5.92 Å². The van der Waals surface area contributed by atoms with E-state index >= 15 is 0 Å². The number of carbonyl (C=O) groups is 1. The molecule has 5 rings (SSSR count). The fraction of sp³-hybridized carbons (Fsp3) is 0.565. The molecule has 33 heavy (non-hydrogen) atoms. The number of benzene rings is 1. The maximum atomic E-state index is 13.0. The van der Waals surface area contributed by atoms with E-state index in [4.69, 9.17) is 9.47 Å². The smallest absolute Gasteiger partial charge is 0.416 e. The number of alkyl halides is 3. The number of aromatic nitrogens is 2. The summed E-state index contributed by atoms with van der Waals surface area (Å²) in [6.45, 7) is 5.25. The number of hydrogen-bond donors (Lipinski definition) is 1. The van der Waals surface area contributed by atoms with Gasteiger partial charge in [-0.15, -0.1) is 0 Å². The molecule has 0 aliphatic carbocycles. The summed E-state index contributed by atoms with van der Waals surface area (Å²) in [5.41, 5.74) is 1.05. The molecule has 1 atom stereocenters. The van der Waals surface area contributed by atoms with Gasteiger partial charge in [-0.3, -0.25) is 14.4 Å². The van der Waals surface area contributed by atoms with Crippen molar-refractivity contribution in [3.05, 3.63) is 46.8 Å². The minimum Gasteiger partial charge on any atom is -0.491 e. The van der Waals surface area contributed by atoms with Crippen molar-refractivity contribution >= 4 is 5.91 Å². The second-order valence-electron chi connectivity index (χ2n) is 9.04. The van der Waals surface area contributed by atoms with Gasteiger partial charge in [-0.1, -0.05) is 0 Å². The zero-order valence-electron chi connectivity index (χ0n) is 18.2. The van der Waals surface area contributed by atoms with E-state index in [0.717, 1.165) is 70.1 Å². The Labute approximate surface area is 189 Å². The monoisotopic (exact) mass is 464 g/mol. The quantitative estimate of drug-likeness (QED) is 0.754. The molecule has 3 aliphatic rings. The molecule has 1 unspecified atom stereocenters. The highest BCUT2D eigenvalue weighted by Gasteiger charge is 2.33. The van der Waals surface area contributed by atoms with Crippen LogP contribution in [0.3, 0.4) is 0 Å². The number of hydrogen-bond acceptors (Lipinski definition) is 5. The van der Waals surface area contributed by atoms with Crippen molar-refractivity contribution in [2.75, 3.05) is 32.9 Å². The molecule has 0 radical (unpaired) electrons. The Hall–Kier alpha value is -2.59. The summed E-state index contributed by atoms with van der Waals surface area (Å²) in [6.07, 6.45) is -1.97. The van der Waals surface area contributed by atoms with Gasteiger partial charge in [0, 0.05) is 32.8 Å². The first kappa shape index (κ1) is 22.2. The van der Waals surface area contributed by atoms with E-state index in [2.05, 4.69) is 15.3 Å². The third-order valence-electron chi connectivity index (χ3n) is 6.60. The van der Waals surface area contributed by atoms with Crippen molar-refractivity contribution in [1.29, 1.82) is 0 Å². The van der Waals surface area contributed by atoms with E-state index < -0.39 is 17.8 Å². The molecule has 1 saturated heterocycles. The Kier molecular flexibility index (Phi) is 6.05. The summed E-state index contributed by atoms with van der Waals surface area (Å²) >= 11 is 0. The summed E-state index contributed by atoms with van der Waals surface area (Å²) < 4.78 is 52.0. The van der Waals surface area contributed by atoms with Crippen molar-refractivity contribution in [1.82, 2.24) is 20.0 Å². The number of nitrogens with zero attached hydrogens (tertiary/aromatic N) is 3. The lowest BCUT2D eigenvalue weighted by Gasteiger charge is -2.32. The van der Waals surface area contributed by atoms with Gasteiger partial charge in [-0.2, -0.15) is 18.3 Å². The van der Waals surface area contributed by atoms with Crippen LogP contribution in [0.15, 0.2) is 24.3 Å². The molecular formula is C23H27F3N4O3. The fourth-order valence-electron chi connectivity index (χ4n) is 4.80. The molecule has 7 nitrogen and oxygen atoms in total. The fourth-order valence-corrected chi connectivity index (χ4v) is 4.80. The summed E-state index contributed by atoms with van der Waals surface area (Å²) in [6, 6.07) is 4.84. The van der Waals surface area contributed by atoms with Crippen molar-refractivity contribution in [2.45, 2.75) is 44.6 Å². The van der Waals surface area contributed by atoms with Gasteiger partial charge < -0.3 is 14.8 Å². The minimum absolute atomic E-state index is 0.205. The first-order valence-electron chi connectivity index (χ1n) is 11.4. The van der Waals surface area contributed by atoms with Gasteiger partial charge in [0.05, 0.1) is 23.8 Å². The van der Waals surface area contributed by atoms with Gasteiger partial charge in [0.1, 0.15) is 12.4 Å². The third-order valence-corrected chi connectivity index (χ3v) is 6.60. The number of carbonyl (C=O) groups excluding carboxylic acids is 1. The van der Waals surface area contributed by atoms with E-state index in [1.807, 2.05) is 10.7 Å². The Morgan fingerprint density at radius 3 is 2.79 bits per heavy atom. The van der Waals surface area contributed by atoms with Crippen LogP contribution in [-0.4, -0.2) is 59.5 Å². The largest absolute Gasteiger partial charge is 0.491 e. The SMILES string of the molecule is O=C(NC1COc2ccc(C(F)(F)F)cc2C1)c1cc2n(n1)CCN(CC1CCOCC1)C2. The summed E-state index contributed by atoms with van der Waals surface area (Å²) in [4.78, 5) is 15.2. The van der Waals surface area contributed by atoms with Crippen molar-refractivity contribution in [3.63, 3.8) is 0 Å². The molecule has 2 aromatic rings.